The summed E-state index contributed by atoms with van der Waals surface area (Å²) in [7, 11) is 0. The van der Waals surface area contributed by atoms with Crippen molar-refractivity contribution in [2.24, 2.45) is 0 Å². The Labute approximate surface area is 149 Å². The number of fused-ring (bicyclic) bond motifs is 1. The first-order valence-corrected chi connectivity index (χ1v) is 8.09. The highest BCUT2D eigenvalue weighted by atomic mass is 19.1. The van der Waals surface area contributed by atoms with E-state index >= 15 is 0 Å². The van der Waals surface area contributed by atoms with Crippen molar-refractivity contribution in [1.29, 1.82) is 0 Å². The van der Waals surface area contributed by atoms with E-state index in [1.807, 2.05) is 43.3 Å². The fourth-order valence-corrected chi connectivity index (χ4v) is 2.75. The van der Waals surface area contributed by atoms with Crippen LogP contribution in [0.25, 0.3) is 16.9 Å². The van der Waals surface area contributed by atoms with Crippen molar-refractivity contribution >= 4 is 17.2 Å². The number of carbonyl (C=O) groups excluding carboxylic acids is 1. The maximum absolute atomic E-state index is 13.9. The van der Waals surface area contributed by atoms with Gasteiger partial charge >= 0.3 is 0 Å². The Kier molecular flexibility index (Phi) is 3.93. The van der Waals surface area contributed by atoms with E-state index < -0.39 is 11.7 Å². The number of halogens is 1. The summed E-state index contributed by atoms with van der Waals surface area (Å²) in [6, 6.07) is 17.7. The summed E-state index contributed by atoms with van der Waals surface area (Å²) in [6.07, 6.45) is 1.67. The lowest BCUT2D eigenvalue weighted by atomic mass is 10.1. The third-order valence-corrected chi connectivity index (χ3v) is 4.03. The largest absolute Gasteiger partial charge is 0.318 e. The van der Waals surface area contributed by atoms with Crippen LogP contribution in [-0.4, -0.2) is 20.5 Å². The molecule has 5 nitrogen and oxygen atoms in total. The fourth-order valence-electron chi connectivity index (χ4n) is 2.75. The molecule has 2 aromatic carbocycles. The summed E-state index contributed by atoms with van der Waals surface area (Å²) in [6.45, 7) is 1.83. The number of hydrogen-bond donors (Lipinski definition) is 1. The van der Waals surface area contributed by atoms with E-state index in [0.717, 1.165) is 16.8 Å². The first kappa shape index (κ1) is 16.0. The van der Waals surface area contributed by atoms with Gasteiger partial charge in [-0.05, 0) is 30.7 Å². The standard InChI is InChI=1S/C20H15FN4O/c1-13-7-8-15(21)16(11-13)23-20(26)17-12-19-22-10-9-18(25(19)24-17)14-5-3-2-4-6-14/h2-12H,1H3,(H,23,26). The normalized spacial score (nSPS) is 10.8. The molecule has 0 aliphatic heterocycles. The molecular formula is C20H15FN4O. The van der Waals surface area contributed by atoms with Gasteiger partial charge in [-0.25, -0.2) is 13.9 Å². The molecule has 0 aliphatic carbocycles. The van der Waals surface area contributed by atoms with Crippen molar-refractivity contribution in [3.05, 3.63) is 83.9 Å². The van der Waals surface area contributed by atoms with Gasteiger partial charge in [0.05, 0.1) is 11.4 Å². The van der Waals surface area contributed by atoms with Crippen molar-refractivity contribution in [3.63, 3.8) is 0 Å². The molecule has 0 fully saturated rings. The number of nitrogens with zero attached hydrogens (tertiary/aromatic N) is 3. The van der Waals surface area contributed by atoms with Crippen molar-refractivity contribution < 1.29 is 9.18 Å². The molecule has 0 saturated heterocycles. The Morgan fingerprint density at radius 2 is 1.88 bits per heavy atom. The van der Waals surface area contributed by atoms with Crippen LogP contribution in [0.3, 0.4) is 0 Å². The number of aromatic nitrogens is 3. The molecule has 26 heavy (non-hydrogen) atoms. The zero-order chi connectivity index (χ0) is 18.1. The van der Waals surface area contributed by atoms with Crippen molar-refractivity contribution in [2.45, 2.75) is 6.92 Å². The molecule has 4 rings (SSSR count). The van der Waals surface area contributed by atoms with Gasteiger partial charge in [-0.2, -0.15) is 5.10 Å². The van der Waals surface area contributed by atoms with E-state index in [1.165, 1.54) is 6.07 Å². The van der Waals surface area contributed by atoms with Crippen LogP contribution < -0.4 is 5.32 Å². The number of amides is 1. The number of anilines is 1. The van der Waals surface area contributed by atoms with E-state index in [1.54, 1.807) is 28.9 Å². The van der Waals surface area contributed by atoms with Gasteiger partial charge in [0.2, 0.25) is 0 Å². The highest BCUT2D eigenvalue weighted by molar-refractivity contribution is 6.03. The van der Waals surface area contributed by atoms with Crippen LogP contribution in [0.1, 0.15) is 16.1 Å². The van der Waals surface area contributed by atoms with E-state index in [2.05, 4.69) is 15.4 Å². The average Bonchev–Trinajstić information content (AvgIpc) is 3.10. The molecule has 1 amide bonds. The molecule has 0 atom stereocenters. The molecule has 0 saturated carbocycles. The van der Waals surface area contributed by atoms with E-state index in [-0.39, 0.29) is 11.4 Å². The Balaban J connectivity index is 1.72. The summed E-state index contributed by atoms with van der Waals surface area (Å²) in [5.74, 6) is -0.977. The maximum Gasteiger partial charge on any atom is 0.276 e. The van der Waals surface area contributed by atoms with Crippen LogP contribution >= 0.6 is 0 Å². The van der Waals surface area contributed by atoms with Crippen LogP contribution in [0.4, 0.5) is 10.1 Å². The Morgan fingerprint density at radius 1 is 1.08 bits per heavy atom. The second-order valence-electron chi connectivity index (χ2n) is 5.93. The zero-order valence-corrected chi connectivity index (χ0v) is 14.0. The average molecular weight is 346 g/mol. The van der Waals surface area contributed by atoms with Crippen LogP contribution in [-0.2, 0) is 0 Å². The molecule has 2 heterocycles. The molecule has 6 heteroatoms. The van der Waals surface area contributed by atoms with Gasteiger partial charge in [-0.1, -0.05) is 36.4 Å². The first-order valence-electron chi connectivity index (χ1n) is 8.09. The van der Waals surface area contributed by atoms with Crippen molar-refractivity contribution in [2.75, 3.05) is 5.32 Å². The third kappa shape index (κ3) is 2.93. The van der Waals surface area contributed by atoms with E-state index in [9.17, 15) is 9.18 Å². The molecule has 4 aromatic rings. The lowest BCUT2D eigenvalue weighted by Crippen LogP contribution is -2.14. The molecule has 2 aromatic heterocycles. The molecule has 1 N–H and O–H groups in total. The molecule has 0 radical (unpaired) electrons. The second-order valence-corrected chi connectivity index (χ2v) is 5.93. The predicted octanol–water partition coefficient (Wildman–Crippen LogP) is 4.10. The number of rotatable bonds is 3. The van der Waals surface area contributed by atoms with Gasteiger partial charge < -0.3 is 5.32 Å². The quantitative estimate of drug-likeness (QED) is 0.608. The number of benzene rings is 2. The van der Waals surface area contributed by atoms with Gasteiger partial charge in [-0.3, -0.25) is 4.79 Å². The van der Waals surface area contributed by atoms with Crippen molar-refractivity contribution in [3.8, 4) is 11.3 Å². The highest BCUT2D eigenvalue weighted by Crippen LogP contribution is 2.21. The van der Waals surface area contributed by atoms with Gasteiger partial charge in [0.1, 0.15) is 5.82 Å². The van der Waals surface area contributed by atoms with Crippen LogP contribution in [0, 0.1) is 12.7 Å². The molecule has 0 unspecified atom stereocenters. The lowest BCUT2D eigenvalue weighted by Gasteiger charge is -2.05. The molecule has 128 valence electrons. The lowest BCUT2D eigenvalue weighted by molar-refractivity contribution is 0.102. The summed E-state index contributed by atoms with van der Waals surface area (Å²) < 4.78 is 15.5. The maximum atomic E-state index is 13.9. The molecule has 0 spiro atoms. The number of carbonyl (C=O) groups is 1. The number of aryl methyl sites for hydroxylation is 1. The van der Waals surface area contributed by atoms with Gasteiger partial charge in [0, 0.05) is 17.8 Å². The van der Waals surface area contributed by atoms with Crippen LogP contribution in [0.2, 0.25) is 0 Å². The third-order valence-electron chi connectivity index (χ3n) is 4.03. The smallest absolute Gasteiger partial charge is 0.276 e. The summed E-state index contributed by atoms with van der Waals surface area (Å²) >= 11 is 0. The number of nitrogens with one attached hydrogen (secondary N) is 1. The fraction of sp³-hybridized carbons (Fsp3) is 0.0500. The molecule has 0 aliphatic rings. The molecule has 0 bridgehead atoms. The van der Waals surface area contributed by atoms with Gasteiger partial charge in [0.25, 0.3) is 5.91 Å². The predicted molar refractivity (Wildman–Crippen MR) is 97.5 cm³/mol. The summed E-state index contributed by atoms with van der Waals surface area (Å²) in [5.41, 5.74) is 3.46. The monoisotopic (exact) mass is 346 g/mol. The Hall–Kier alpha value is -3.54. The first-order chi connectivity index (χ1) is 12.6. The number of hydrogen-bond acceptors (Lipinski definition) is 3. The summed E-state index contributed by atoms with van der Waals surface area (Å²) in [5, 5.41) is 6.93. The highest BCUT2D eigenvalue weighted by Gasteiger charge is 2.15. The second kappa shape index (κ2) is 6.40. The van der Waals surface area contributed by atoms with Crippen molar-refractivity contribution in [1.82, 2.24) is 14.6 Å². The van der Waals surface area contributed by atoms with Gasteiger partial charge in [0.15, 0.2) is 11.3 Å². The zero-order valence-electron chi connectivity index (χ0n) is 14.0. The van der Waals surface area contributed by atoms with Crippen LogP contribution in [0.15, 0.2) is 66.9 Å². The topological polar surface area (TPSA) is 59.3 Å². The molecular weight excluding hydrogens is 331 g/mol. The summed E-state index contributed by atoms with van der Waals surface area (Å²) in [4.78, 5) is 16.8. The van der Waals surface area contributed by atoms with E-state index in [0.29, 0.717) is 5.65 Å². The van der Waals surface area contributed by atoms with E-state index in [4.69, 9.17) is 0 Å². The van der Waals surface area contributed by atoms with Gasteiger partial charge in [-0.15, -0.1) is 0 Å². The minimum atomic E-state index is -0.490. The Morgan fingerprint density at radius 3 is 2.69 bits per heavy atom. The minimum Gasteiger partial charge on any atom is -0.318 e. The van der Waals surface area contributed by atoms with Crippen LogP contribution in [0.5, 0.6) is 0 Å². The minimum absolute atomic E-state index is 0.128. The SMILES string of the molecule is Cc1ccc(F)c(NC(=O)c2cc3nccc(-c4ccccc4)n3n2)c1. The Bertz CT molecular complexity index is 1110.